The number of nitrogens with one attached hydrogen (secondary N) is 2. The summed E-state index contributed by atoms with van der Waals surface area (Å²) in [5, 5.41) is 6.45. The van der Waals surface area contributed by atoms with Crippen molar-refractivity contribution in [3.63, 3.8) is 0 Å². The molecule has 0 bridgehead atoms. The van der Waals surface area contributed by atoms with Gasteiger partial charge in [0, 0.05) is 22.4 Å². The number of urea groups is 1. The van der Waals surface area contributed by atoms with Crippen LogP contribution in [0.3, 0.4) is 0 Å². The Bertz CT molecular complexity index is 487. The van der Waals surface area contributed by atoms with Crippen molar-refractivity contribution in [3.8, 4) is 0 Å². The van der Waals surface area contributed by atoms with Crippen molar-refractivity contribution in [2.24, 2.45) is 0 Å². The first kappa shape index (κ1) is 16.2. The Morgan fingerprint density at radius 3 is 2.95 bits per heavy atom. The maximum Gasteiger partial charge on any atom is 0.319 e. The maximum atomic E-state index is 11.9. The second-order valence-electron chi connectivity index (χ2n) is 5.47. The SMILES string of the molecule is CCC(C)Sc1ccc(NC(=O)NC2CCOC2)c(C)c1. The number of ether oxygens (including phenoxy) is 1. The van der Waals surface area contributed by atoms with Gasteiger partial charge in [-0.3, -0.25) is 0 Å². The molecule has 2 rings (SSSR count). The van der Waals surface area contributed by atoms with Crippen molar-refractivity contribution >= 4 is 23.5 Å². The average molecular weight is 308 g/mol. The highest BCUT2D eigenvalue weighted by Gasteiger charge is 2.18. The lowest BCUT2D eigenvalue weighted by Crippen LogP contribution is -2.38. The van der Waals surface area contributed by atoms with E-state index in [1.54, 1.807) is 0 Å². The zero-order valence-electron chi connectivity index (χ0n) is 12.9. The third-order valence-electron chi connectivity index (χ3n) is 3.62. The minimum absolute atomic E-state index is 0.130. The molecule has 0 spiro atoms. The minimum Gasteiger partial charge on any atom is -0.379 e. The highest BCUT2D eigenvalue weighted by molar-refractivity contribution is 7.99. The molecule has 1 heterocycles. The van der Waals surface area contributed by atoms with Gasteiger partial charge in [0.1, 0.15) is 0 Å². The molecule has 1 aliphatic heterocycles. The zero-order valence-corrected chi connectivity index (χ0v) is 13.8. The van der Waals surface area contributed by atoms with E-state index in [9.17, 15) is 4.79 Å². The van der Waals surface area contributed by atoms with Crippen LogP contribution in [0.1, 0.15) is 32.3 Å². The van der Waals surface area contributed by atoms with Gasteiger partial charge in [0.05, 0.1) is 12.6 Å². The number of amides is 2. The lowest BCUT2D eigenvalue weighted by Gasteiger charge is -2.15. The zero-order chi connectivity index (χ0) is 15.2. The molecule has 1 saturated heterocycles. The maximum absolute atomic E-state index is 11.9. The number of aryl methyl sites for hydroxylation is 1. The molecule has 1 aliphatic rings. The highest BCUT2D eigenvalue weighted by atomic mass is 32.2. The van der Waals surface area contributed by atoms with Crippen molar-refractivity contribution in [2.45, 2.75) is 49.8 Å². The molecule has 2 N–H and O–H groups in total. The molecule has 0 aliphatic carbocycles. The Labute approximate surface area is 131 Å². The van der Waals surface area contributed by atoms with Crippen LogP contribution in [-0.2, 0) is 4.74 Å². The van der Waals surface area contributed by atoms with Gasteiger partial charge in [0.2, 0.25) is 0 Å². The molecule has 4 nitrogen and oxygen atoms in total. The van der Waals surface area contributed by atoms with Crippen molar-refractivity contribution in [2.75, 3.05) is 18.5 Å². The van der Waals surface area contributed by atoms with Gasteiger partial charge < -0.3 is 15.4 Å². The summed E-state index contributed by atoms with van der Waals surface area (Å²) in [6.45, 7) is 7.78. The number of anilines is 1. The first-order valence-corrected chi connectivity index (χ1v) is 8.39. The van der Waals surface area contributed by atoms with E-state index in [0.717, 1.165) is 30.7 Å². The third-order valence-corrected chi connectivity index (χ3v) is 4.88. The molecule has 1 aromatic carbocycles. The van der Waals surface area contributed by atoms with Crippen LogP contribution in [0.25, 0.3) is 0 Å². The number of hydrogen-bond donors (Lipinski definition) is 2. The summed E-state index contributed by atoms with van der Waals surface area (Å²) in [6, 6.07) is 6.15. The fourth-order valence-electron chi connectivity index (χ4n) is 2.16. The Balaban J connectivity index is 1.92. The van der Waals surface area contributed by atoms with Crippen molar-refractivity contribution in [3.05, 3.63) is 23.8 Å². The van der Waals surface area contributed by atoms with Gasteiger partial charge in [-0.1, -0.05) is 13.8 Å². The fourth-order valence-corrected chi connectivity index (χ4v) is 3.18. The van der Waals surface area contributed by atoms with Crippen LogP contribution < -0.4 is 10.6 Å². The second kappa shape index (κ2) is 7.71. The number of hydrogen-bond acceptors (Lipinski definition) is 3. The van der Waals surface area contributed by atoms with Gasteiger partial charge in [0.15, 0.2) is 0 Å². The van der Waals surface area contributed by atoms with Crippen LogP contribution in [0.4, 0.5) is 10.5 Å². The van der Waals surface area contributed by atoms with Crippen LogP contribution in [0.5, 0.6) is 0 Å². The highest BCUT2D eigenvalue weighted by Crippen LogP contribution is 2.28. The number of thioether (sulfide) groups is 1. The summed E-state index contributed by atoms with van der Waals surface area (Å²) < 4.78 is 5.25. The van der Waals surface area contributed by atoms with E-state index in [2.05, 4.69) is 36.6 Å². The van der Waals surface area contributed by atoms with Crippen LogP contribution in [0, 0.1) is 6.92 Å². The molecule has 5 heteroatoms. The molecular weight excluding hydrogens is 284 g/mol. The predicted octanol–water partition coefficient (Wildman–Crippen LogP) is 3.80. The van der Waals surface area contributed by atoms with Gasteiger partial charge >= 0.3 is 6.03 Å². The van der Waals surface area contributed by atoms with Gasteiger partial charge in [0.25, 0.3) is 0 Å². The largest absolute Gasteiger partial charge is 0.379 e. The Hall–Kier alpha value is -1.20. The van der Waals surface area contributed by atoms with E-state index in [0.29, 0.717) is 11.9 Å². The summed E-state index contributed by atoms with van der Waals surface area (Å²) in [4.78, 5) is 13.2. The molecule has 0 aromatic heterocycles. The monoisotopic (exact) mass is 308 g/mol. The summed E-state index contributed by atoms with van der Waals surface area (Å²) >= 11 is 1.87. The van der Waals surface area contributed by atoms with E-state index in [-0.39, 0.29) is 12.1 Å². The van der Waals surface area contributed by atoms with E-state index in [4.69, 9.17) is 4.74 Å². The number of carbonyl (C=O) groups is 1. The second-order valence-corrected chi connectivity index (χ2v) is 6.98. The normalized spacial score (nSPS) is 19.3. The number of rotatable bonds is 5. The lowest BCUT2D eigenvalue weighted by molar-refractivity contribution is 0.189. The van der Waals surface area contributed by atoms with Crippen LogP contribution >= 0.6 is 11.8 Å². The van der Waals surface area contributed by atoms with Crippen LogP contribution in [-0.4, -0.2) is 30.5 Å². The molecule has 2 unspecified atom stereocenters. The smallest absolute Gasteiger partial charge is 0.319 e. The molecular formula is C16H24N2O2S. The average Bonchev–Trinajstić information content (AvgIpc) is 2.94. The van der Waals surface area contributed by atoms with Gasteiger partial charge in [-0.15, -0.1) is 11.8 Å². The van der Waals surface area contributed by atoms with Gasteiger partial charge in [-0.25, -0.2) is 4.79 Å². The predicted molar refractivity (Wildman–Crippen MR) is 88.2 cm³/mol. The number of benzene rings is 1. The van der Waals surface area contributed by atoms with Crippen molar-refractivity contribution in [1.82, 2.24) is 5.32 Å². The fraction of sp³-hybridized carbons (Fsp3) is 0.562. The molecule has 2 atom stereocenters. The Kier molecular flexibility index (Phi) is 5.94. The van der Waals surface area contributed by atoms with Crippen molar-refractivity contribution < 1.29 is 9.53 Å². The summed E-state index contributed by atoms with van der Waals surface area (Å²) in [7, 11) is 0. The molecule has 116 valence electrons. The molecule has 1 fully saturated rings. The molecule has 2 amide bonds. The lowest BCUT2D eigenvalue weighted by atomic mass is 10.2. The minimum atomic E-state index is -0.157. The quantitative estimate of drug-likeness (QED) is 0.814. The van der Waals surface area contributed by atoms with Crippen LogP contribution in [0.15, 0.2) is 23.1 Å². The van der Waals surface area contributed by atoms with E-state index in [1.807, 2.05) is 24.8 Å². The molecule has 0 radical (unpaired) electrons. The first-order valence-electron chi connectivity index (χ1n) is 7.51. The Morgan fingerprint density at radius 2 is 2.33 bits per heavy atom. The standard InChI is InChI=1S/C16H24N2O2S/c1-4-12(3)21-14-5-6-15(11(2)9-14)18-16(19)17-13-7-8-20-10-13/h5-6,9,12-13H,4,7-8,10H2,1-3H3,(H2,17,18,19). The van der Waals surface area contributed by atoms with E-state index < -0.39 is 0 Å². The van der Waals surface area contributed by atoms with Gasteiger partial charge in [-0.05, 0) is 43.5 Å². The molecule has 0 saturated carbocycles. The van der Waals surface area contributed by atoms with Crippen LogP contribution in [0.2, 0.25) is 0 Å². The van der Waals surface area contributed by atoms with Crippen molar-refractivity contribution in [1.29, 1.82) is 0 Å². The third kappa shape index (κ3) is 4.93. The summed E-state index contributed by atoms with van der Waals surface area (Å²) in [5.74, 6) is 0. The first-order chi connectivity index (χ1) is 10.1. The summed E-state index contributed by atoms with van der Waals surface area (Å²) in [5.41, 5.74) is 1.95. The molecule has 1 aromatic rings. The van der Waals surface area contributed by atoms with E-state index >= 15 is 0 Å². The van der Waals surface area contributed by atoms with Gasteiger partial charge in [-0.2, -0.15) is 0 Å². The molecule has 21 heavy (non-hydrogen) atoms. The Morgan fingerprint density at radius 1 is 1.52 bits per heavy atom. The topological polar surface area (TPSA) is 50.4 Å². The van der Waals surface area contributed by atoms with E-state index in [1.165, 1.54) is 4.90 Å². The number of carbonyl (C=O) groups excluding carboxylic acids is 1. The summed E-state index contributed by atoms with van der Waals surface area (Å²) in [6.07, 6.45) is 2.03.